The summed E-state index contributed by atoms with van der Waals surface area (Å²) in [6.45, 7) is -0.261. The quantitative estimate of drug-likeness (QED) is 0.419. The van der Waals surface area contributed by atoms with Crippen LogP contribution >= 0.6 is 0 Å². The highest BCUT2D eigenvalue weighted by atomic mass is 16.6. The minimum Gasteiger partial charge on any atom is -0.497 e. The predicted octanol–water partition coefficient (Wildman–Crippen LogP) is 4.49. The van der Waals surface area contributed by atoms with Gasteiger partial charge in [-0.3, -0.25) is 4.79 Å². The third-order valence-electron chi connectivity index (χ3n) is 4.03. The largest absolute Gasteiger partial charge is 0.497 e. The summed E-state index contributed by atoms with van der Waals surface area (Å²) < 4.78 is 16.3. The fourth-order valence-electron chi connectivity index (χ4n) is 2.59. The van der Waals surface area contributed by atoms with Crippen LogP contribution in [0.1, 0.15) is 5.56 Å². The van der Waals surface area contributed by atoms with Gasteiger partial charge in [0.15, 0.2) is 12.4 Å². The van der Waals surface area contributed by atoms with Gasteiger partial charge in [0.1, 0.15) is 17.2 Å². The molecule has 0 aliphatic heterocycles. The van der Waals surface area contributed by atoms with Gasteiger partial charge in [-0.2, -0.15) is 0 Å². The lowest BCUT2D eigenvalue weighted by molar-refractivity contribution is -0.120. The normalized spacial score (nSPS) is 10.5. The van der Waals surface area contributed by atoms with Crippen molar-refractivity contribution in [2.75, 3.05) is 26.1 Å². The third-order valence-corrected chi connectivity index (χ3v) is 4.03. The number of carbonyl (C=O) groups excluding carboxylic acids is 1. The molecule has 7 nitrogen and oxygen atoms in total. The molecule has 1 amide bonds. The predicted molar refractivity (Wildman–Crippen MR) is 115 cm³/mol. The van der Waals surface area contributed by atoms with E-state index in [0.717, 1.165) is 0 Å². The van der Waals surface area contributed by atoms with Crippen molar-refractivity contribution < 1.29 is 23.8 Å². The zero-order chi connectivity index (χ0) is 21.2. The molecule has 1 N–H and O–H groups in total. The molecule has 0 saturated carbocycles. The van der Waals surface area contributed by atoms with E-state index in [4.69, 9.17) is 19.0 Å². The van der Waals surface area contributed by atoms with Gasteiger partial charge in [0.25, 0.3) is 5.91 Å². The van der Waals surface area contributed by atoms with Crippen molar-refractivity contribution in [2.24, 2.45) is 5.16 Å². The van der Waals surface area contributed by atoms with Crippen LogP contribution in [0.25, 0.3) is 0 Å². The van der Waals surface area contributed by atoms with Crippen LogP contribution in [-0.4, -0.2) is 32.9 Å². The Hall–Kier alpha value is -4.00. The molecule has 0 radical (unpaired) electrons. The third kappa shape index (κ3) is 5.75. The summed E-state index contributed by atoms with van der Waals surface area (Å²) in [5.41, 5.74) is 1.20. The fourth-order valence-corrected chi connectivity index (χ4v) is 2.59. The highest BCUT2D eigenvalue weighted by Gasteiger charge is 2.09. The summed E-state index contributed by atoms with van der Waals surface area (Å²) >= 11 is 0. The topological polar surface area (TPSA) is 78.4 Å². The van der Waals surface area contributed by atoms with E-state index < -0.39 is 0 Å². The molecule has 0 bridgehead atoms. The number of carbonyl (C=O) groups is 1. The van der Waals surface area contributed by atoms with Crippen LogP contribution in [0.4, 0.5) is 5.69 Å². The lowest BCUT2D eigenvalue weighted by Gasteiger charge is -2.11. The van der Waals surface area contributed by atoms with Crippen molar-refractivity contribution in [3.8, 4) is 23.0 Å². The van der Waals surface area contributed by atoms with Crippen molar-refractivity contribution in [3.05, 3.63) is 78.4 Å². The van der Waals surface area contributed by atoms with Crippen LogP contribution in [0.15, 0.2) is 78.0 Å². The SMILES string of the molecule is COc1ccc(OC)c(/C=N\OCC(=O)Nc2ccccc2Oc2ccccc2)c1. The van der Waals surface area contributed by atoms with Gasteiger partial charge in [-0.05, 0) is 42.5 Å². The monoisotopic (exact) mass is 406 g/mol. The lowest BCUT2D eigenvalue weighted by Crippen LogP contribution is -2.17. The van der Waals surface area contributed by atoms with Gasteiger partial charge in [0.2, 0.25) is 0 Å². The second-order valence-electron chi connectivity index (χ2n) is 6.08. The number of ether oxygens (including phenoxy) is 3. The maximum Gasteiger partial charge on any atom is 0.265 e. The molecule has 0 aromatic heterocycles. The molecule has 0 saturated heterocycles. The Kier molecular flexibility index (Phi) is 7.27. The molecule has 0 heterocycles. The summed E-state index contributed by atoms with van der Waals surface area (Å²) in [6, 6.07) is 21.8. The van der Waals surface area contributed by atoms with Crippen LogP contribution in [0.5, 0.6) is 23.0 Å². The summed E-state index contributed by atoms with van der Waals surface area (Å²) in [5.74, 6) is 2.10. The van der Waals surface area contributed by atoms with Crippen LogP contribution in [-0.2, 0) is 9.63 Å². The van der Waals surface area contributed by atoms with Crippen LogP contribution in [0.3, 0.4) is 0 Å². The molecule has 3 rings (SSSR count). The van der Waals surface area contributed by atoms with Crippen molar-refractivity contribution in [1.82, 2.24) is 0 Å². The van der Waals surface area contributed by atoms with Crippen LogP contribution in [0.2, 0.25) is 0 Å². The number of benzene rings is 3. The van der Waals surface area contributed by atoms with Gasteiger partial charge >= 0.3 is 0 Å². The Labute approximate surface area is 174 Å². The Balaban J connectivity index is 1.57. The first kappa shape index (κ1) is 20.7. The van der Waals surface area contributed by atoms with Gasteiger partial charge in [-0.1, -0.05) is 35.5 Å². The van der Waals surface area contributed by atoms with E-state index in [2.05, 4.69) is 10.5 Å². The van der Waals surface area contributed by atoms with Gasteiger partial charge in [-0.25, -0.2) is 0 Å². The van der Waals surface area contributed by atoms with Gasteiger partial charge in [0, 0.05) is 5.56 Å². The van der Waals surface area contributed by atoms with Crippen molar-refractivity contribution in [3.63, 3.8) is 0 Å². The zero-order valence-electron chi connectivity index (χ0n) is 16.7. The molecule has 0 aliphatic carbocycles. The molecule has 0 unspecified atom stereocenters. The number of oxime groups is 1. The maximum atomic E-state index is 12.2. The summed E-state index contributed by atoms with van der Waals surface area (Å²) in [7, 11) is 3.13. The van der Waals surface area contributed by atoms with Gasteiger partial charge < -0.3 is 24.4 Å². The Morgan fingerprint density at radius 2 is 1.67 bits per heavy atom. The molecule has 0 spiro atoms. The number of rotatable bonds is 9. The Morgan fingerprint density at radius 1 is 0.900 bits per heavy atom. The smallest absolute Gasteiger partial charge is 0.265 e. The number of methoxy groups -OCH3 is 2. The van der Waals surface area contributed by atoms with Gasteiger partial charge in [-0.15, -0.1) is 0 Å². The highest BCUT2D eigenvalue weighted by Crippen LogP contribution is 2.29. The molecule has 3 aromatic carbocycles. The van der Waals surface area contributed by atoms with E-state index in [0.29, 0.717) is 34.2 Å². The van der Waals surface area contributed by atoms with E-state index in [1.165, 1.54) is 6.21 Å². The Morgan fingerprint density at radius 3 is 2.43 bits per heavy atom. The summed E-state index contributed by atoms with van der Waals surface area (Å²) in [6.07, 6.45) is 1.46. The standard InChI is InChI=1S/C23H22N2O5/c1-27-19-12-13-21(28-2)17(14-19)15-24-29-16-23(26)25-20-10-6-7-11-22(20)30-18-8-4-3-5-9-18/h3-15H,16H2,1-2H3,(H,25,26)/b24-15-. The minimum absolute atomic E-state index is 0.261. The molecule has 30 heavy (non-hydrogen) atoms. The minimum atomic E-state index is -0.367. The van der Waals surface area contributed by atoms with Crippen LogP contribution < -0.4 is 19.5 Å². The molecule has 0 atom stereocenters. The number of amides is 1. The molecule has 7 heteroatoms. The summed E-state index contributed by atoms with van der Waals surface area (Å²) in [5, 5.41) is 6.61. The molecular weight excluding hydrogens is 384 g/mol. The number of anilines is 1. The van der Waals surface area contributed by atoms with Gasteiger partial charge in [0.05, 0.1) is 26.1 Å². The van der Waals surface area contributed by atoms with Crippen molar-refractivity contribution >= 4 is 17.8 Å². The first-order valence-corrected chi connectivity index (χ1v) is 9.18. The van der Waals surface area contributed by atoms with E-state index in [1.54, 1.807) is 44.6 Å². The Bertz CT molecular complexity index is 1010. The lowest BCUT2D eigenvalue weighted by atomic mass is 10.2. The van der Waals surface area contributed by atoms with Crippen molar-refractivity contribution in [2.45, 2.75) is 0 Å². The zero-order valence-corrected chi connectivity index (χ0v) is 16.7. The number of hydrogen-bond acceptors (Lipinski definition) is 6. The van der Waals surface area contributed by atoms with E-state index in [1.807, 2.05) is 42.5 Å². The second-order valence-corrected chi connectivity index (χ2v) is 6.08. The van der Waals surface area contributed by atoms with E-state index >= 15 is 0 Å². The molecule has 0 aliphatic rings. The average Bonchev–Trinajstić information content (AvgIpc) is 2.78. The number of nitrogens with one attached hydrogen (secondary N) is 1. The first-order chi connectivity index (χ1) is 14.7. The van der Waals surface area contributed by atoms with Crippen molar-refractivity contribution in [1.29, 1.82) is 0 Å². The average molecular weight is 406 g/mol. The molecule has 3 aromatic rings. The summed E-state index contributed by atoms with van der Waals surface area (Å²) in [4.78, 5) is 17.4. The van der Waals surface area contributed by atoms with E-state index in [-0.39, 0.29) is 12.5 Å². The maximum absolute atomic E-state index is 12.2. The fraction of sp³-hybridized carbons (Fsp3) is 0.130. The van der Waals surface area contributed by atoms with E-state index in [9.17, 15) is 4.79 Å². The number of nitrogens with zero attached hydrogens (tertiary/aromatic N) is 1. The molecule has 0 fully saturated rings. The number of para-hydroxylation sites is 3. The highest BCUT2D eigenvalue weighted by molar-refractivity contribution is 5.93. The molecular formula is C23H22N2O5. The second kappa shape index (κ2) is 10.5. The first-order valence-electron chi connectivity index (χ1n) is 9.18. The molecule has 154 valence electrons. The number of hydrogen-bond donors (Lipinski definition) is 1. The van der Waals surface area contributed by atoms with Crippen LogP contribution in [0, 0.1) is 0 Å².